The van der Waals surface area contributed by atoms with Crippen LogP contribution in [0.2, 0.25) is 0 Å². The van der Waals surface area contributed by atoms with Crippen molar-refractivity contribution in [3.05, 3.63) is 29.6 Å². The van der Waals surface area contributed by atoms with Gasteiger partial charge in [0, 0.05) is 14.2 Å². The van der Waals surface area contributed by atoms with Gasteiger partial charge >= 0.3 is 0 Å². The first-order valence-corrected chi connectivity index (χ1v) is 4.27. The zero-order valence-electron chi connectivity index (χ0n) is 8.57. The summed E-state index contributed by atoms with van der Waals surface area (Å²) in [6, 6.07) is 5.43. The number of hydrogen-bond acceptors (Lipinski definition) is 4. The van der Waals surface area contributed by atoms with E-state index in [1.54, 1.807) is 27.2 Å². The van der Waals surface area contributed by atoms with E-state index in [4.69, 9.17) is 14.9 Å². The van der Waals surface area contributed by atoms with Crippen molar-refractivity contribution < 1.29 is 9.47 Å². The SMILES string of the molecule is COC(OC)c1cccc(C(C)=N)n1. The van der Waals surface area contributed by atoms with Crippen LogP contribution in [-0.4, -0.2) is 24.9 Å². The minimum absolute atomic E-state index is 0.429. The zero-order valence-corrected chi connectivity index (χ0v) is 8.57. The molecule has 0 aliphatic rings. The molecule has 1 heterocycles. The third-order valence-electron chi connectivity index (χ3n) is 1.82. The zero-order chi connectivity index (χ0) is 10.6. The molecule has 0 unspecified atom stereocenters. The molecule has 0 aliphatic carbocycles. The van der Waals surface area contributed by atoms with E-state index in [0.29, 0.717) is 17.1 Å². The number of aromatic nitrogens is 1. The second kappa shape index (κ2) is 4.83. The maximum absolute atomic E-state index is 7.44. The van der Waals surface area contributed by atoms with E-state index < -0.39 is 6.29 Å². The van der Waals surface area contributed by atoms with Gasteiger partial charge in [0.1, 0.15) is 0 Å². The van der Waals surface area contributed by atoms with E-state index in [-0.39, 0.29) is 0 Å². The van der Waals surface area contributed by atoms with E-state index in [0.717, 1.165) is 0 Å². The molecule has 0 amide bonds. The molecule has 0 aliphatic heterocycles. The summed E-state index contributed by atoms with van der Waals surface area (Å²) in [5, 5.41) is 7.44. The summed E-state index contributed by atoms with van der Waals surface area (Å²) in [6.07, 6.45) is -0.464. The summed E-state index contributed by atoms with van der Waals surface area (Å²) in [4.78, 5) is 4.24. The summed E-state index contributed by atoms with van der Waals surface area (Å²) in [6.45, 7) is 1.70. The van der Waals surface area contributed by atoms with Gasteiger partial charge < -0.3 is 14.9 Å². The molecule has 14 heavy (non-hydrogen) atoms. The van der Waals surface area contributed by atoms with E-state index in [2.05, 4.69) is 4.98 Å². The maximum Gasteiger partial charge on any atom is 0.200 e. The topological polar surface area (TPSA) is 55.2 Å². The monoisotopic (exact) mass is 194 g/mol. The fraction of sp³-hybridized carbons (Fsp3) is 0.400. The van der Waals surface area contributed by atoms with Crippen molar-refractivity contribution in [2.45, 2.75) is 13.2 Å². The lowest BCUT2D eigenvalue weighted by Crippen LogP contribution is -2.08. The lowest BCUT2D eigenvalue weighted by molar-refractivity contribution is -0.108. The second-order valence-corrected chi connectivity index (χ2v) is 2.88. The number of pyridine rings is 1. The van der Waals surface area contributed by atoms with Crippen LogP contribution in [0.1, 0.15) is 24.6 Å². The number of ether oxygens (including phenoxy) is 2. The average Bonchev–Trinajstić information content (AvgIpc) is 2.20. The predicted octanol–water partition coefficient (Wildman–Crippen LogP) is 1.76. The molecule has 1 aromatic heterocycles. The van der Waals surface area contributed by atoms with Gasteiger partial charge in [0.15, 0.2) is 0 Å². The summed E-state index contributed by atoms with van der Waals surface area (Å²) in [7, 11) is 3.11. The molecule has 1 aromatic rings. The van der Waals surface area contributed by atoms with Crippen LogP contribution in [0, 0.1) is 5.41 Å². The van der Waals surface area contributed by atoms with Crippen LogP contribution < -0.4 is 0 Å². The van der Waals surface area contributed by atoms with Crippen molar-refractivity contribution in [3.8, 4) is 0 Å². The Hall–Kier alpha value is -1.26. The average molecular weight is 194 g/mol. The molecule has 0 fully saturated rings. The Labute approximate surface area is 83.4 Å². The molecular formula is C10H14N2O2. The molecule has 1 N–H and O–H groups in total. The molecule has 4 nitrogen and oxygen atoms in total. The van der Waals surface area contributed by atoms with Crippen molar-refractivity contribution in [1.29, 1.82) is 5.41 Å². The Bertz CT molecular complexity index is 322. The van der Waals surface area contributed by atoms with Crippen LogP contribution in [0.5, 0.6) is 0 Å². The van der Waals surface area contributed by atoms with Gasteiger partial charge in [0.05, 0.1) is 17.1 Å². The van der Waals surface area contributed by atoms with Crippen molar-refractivity contribution in [2.75, 3.05) is 14.2 Å². The van der Waals surface area contributed by atoms with Gasteiger partial charge in [-0.3, -0.25) is 0 Å². The highest BCUT2D eigenvalue weighted by Crippen LogP contribution is 2.14. The molecule has 0 atom stereocenters. The smallest absolute Gasteiger partial charge is 0.200 e. The molecule has 0 radical (unpaired) electrons. The maximum atomic E-state index is 7.44. The van der Waals surface area contributed by atoms with Gasteiger partial charge in [-0.25, -0.2) is 4.98 Å². The van der Waals surface area contributed by atoms with Crippen LogP contribution in [0.15, 0.2) is 18.2 Å². The quantitative estimate of drug-likeness (QED) is 0.587. The van der Waals surface area contributed by atoms with Gasteiger partial charge in [0.2, 0.25) is 6.29 Å². The van der Waals surface area contributed by atoms with Crippen LogP contribution in [0.25, 0.3) is 0 Å². The van der Waals surface area contributed by atoms with Gasteiger partial charge in [-0.2, -0.15) is 0 Å². The Morgan fingerprint density at radius 2 is 2.00 bits per heavy atom. The molecule has 1 rings (SSSR count). The normalized spacial score (nSPS) is 10.6. The first-order chi connectivity index (χ1) is 6.69. The molecule has 4 heteroatoms. The first kappa shape index (κ1) is 10.8. The summed E-state index contributed by atoms with van der Waals surface area (Å²) in [5.41, 5.74) is 1.75. The fourth-order valence-electron chi connectivity index (χ4n) is 1.13. The van der Waals surface area contributed by atoms with Gasteiger partial charge in [-0.1, -0.05) is 6.07 Å². The van der Waals surface area contributed by atoms with E-state index >= 15 is 0 Å². The van der Waals surface area contributed by atoms with Crippen LogP contribution in [0.3, 0.4) is 0 Å². The predicted molar refractivity (Wildman–Crippen MR) is 53.5 cm³/mol. The highest BCUT2D eigenvalue weighted by atomic mass is 16.7. The van der Waals surface area contributed by atoms with Crippen molar-refractivity contribution >= 4 is 5.71 Å². The number of rotatable bonds is 4. The summed E-state index contributed by atoms with van der Waals surface area (Å²) >= 11 is 0. The molecule has 0 saturated carbocycles. The van der Waals surface area contributed by atoms with E-state index in [1.165, 1.54) is 0 Å². The molecule has 0 bridgehead atoms. The highest BCUT2D eigenvalue weighted by molar-refractivity contribution is 5.94. The van der Waals surface area contributed by atoms with Gasteiger partial charge in [-0.05, 0) is 19.1 Å². The molecular weight excluding hydrogens is 180 g/mol. The number of hydrogen-bond donors (Lipinski definition) is 1. The van der Waals surface area contributed by atoms with Gasteiger partial charge in [0.25, 0.3) is 0 Å². The summed E-state index contributed by atoms with van der Waals surface area (Å²) < 4.78 is 10.1. The fourth-order valence-corrected chi connectivity index (χ4v) is 1.13. The lowest BCUT2D eigenvalue weighted by atomic mass is 10.2. The molecule has 0 saturated heterocycles. The third-order valence-corrected chi connectivity index (χ3v) is 1.82. The number of nitrogens with zero attached hydrogens (tertiary/aromatic N) is 1. The highest BCUT2D eigenvalue weighted by Gasteiger charge is 2.10. The van der Waals surface area contributed by atoms with Crippen molar-refractivity contribution in [2.24, 2.45) is 0 Å². The number of methoxy groups -OCH3 is 2. The van der Waals surface area contributed by atoms with E-state index in [1.807, 2.05) is 12.1 Å². The van der Waals surface area contributed by atoms with Crippen molar-refractivity contribution in [3.63, 3.8) is 0 Å². The Morgan fingerprint density at radius 3 is 2.50 bits per heavy atom. The lowest BCUT2D eigenvalue weighted by Gasteiger charge is -2.13. The largest absolute Gasteiger partial charge is 0.350 e. The van der Waals surface area contributed by atoms with Crippen molar-refractivity contribution in [1.82, 2.24) is 4.98 Å². The van der Waals surface area contributed by atoms with E-state index in [9.17, 15) is 0 Å². The first-order valence-electron chi connectivity index (χ1n) is 4.27. The second-order valence-electron chi connectivity index (χ2n) is 2.88. The Morgan fingerprint density at radius 1 is 1.36 bits per heavy atom. The molecule has 0 spiro atoms. The van der Waals surface area contributed by atoms with Gasteiger partial charge in [-0.15, -0.1) is 0 Å². The minimum Gasteiger partial charge on any atom is -0.350 e. The summed E-state index contributed by atoms with van der Waals surface area (Å²) in [5.74, 6) is 0. The molecule has 0 aromatic carbocycles. The van der Waals surface area contributed by atoms with Crippen LogP contribution >= 0.6 is 0 Å². The Balaban J connectivity index is 2.98. The number of nitrogens with one attached hydrogen (secondary N) is 1. The molecule has 76 valence electrons. The Kier molecular flexibility index (Phi) is 3.73. The standard InChI is InChI=1S/C10H14N2O2/c1-7(11)8-5-4-6-9(12-8)10(13-2)14-3/h4-6,10-11H,1-3H3. The third kappa shape index (κ3) is 2.37. The van der Waals surface area contributed by atoms with Crippen LogP contribution in [0.4, 0.5) is 0 Å². The van der Waals surface area contributed by atoms with Crippen LogP contribution in [-0.2, 0) is 9.47 Å². The minimum atomic E-state index is -0.464.